The number of carbonyl (C=O) groups excluding carboxylic acids is 1. The third kappa shape index (κ3) is 3.03. The average Bonchev–Trinajstić information content (AvgIpc) is 2.69. The molecule has 2 rings (SSSR count). The summed E-state index contributed by atoms with van der Waals surface area (Å²) in [5, 5.41) is 3.68. The maximum absolute atomic E-state index is 11.8. The molecule has 0 atom stereocenters. The number of benzene rings is 1. The highest BCUT2D eigenvalue weighted by Crippen LogP contribution is 2.25. The number of anilines is 1. The number of hydrogen-bond donors (Lipinski definition) is 1. The molecule has 1 aromatic heterocycles. The quantitative estimate of drug-likeness (QED) is 0.942. The Labute approximate surface area is 115 Å². The van der Waals surface area contributed by atoms with Crippen LogP contribution in [0, 0.1) is 0 Å². The molecule has 1 heterocycles. The molecule has 4 nitrogen and oxygen atoms in total. The first kappa shape index (κ1) is 12.9. The summed E-state index contributed by atoms with van der Waals surface area (Å²) in [4.78, 5) is 15.8. The van der Waals surface area contributed by atoms with E-state index in [0.717, 1.165) is 5.69 Å². The monoisotopic (exact) mass is 283 g/mol. The Kier molecular flexibility index (Phi) is 3.89. The van der Waals surface area contributed by atoms with Crippen molar-refractivity contribution in [3.05, 3.63) is 46.5 Å². The molecule has 0 fully saturated rings. The molecule has 1 N–H and O–H groups in total. The summed E-state index contributed by atoms with van der Waals surface area (Å²) >= 11 is 11.8. The first-order chi connectivity index (χ1) is 8.56. The number of carbonyl (C=O) groups is 1. The number of rotatable bonds is 3. The molecule has 0 saturated heterocycles. The Balaban J connectivity index is 2.05. The lowest BCUT2D eigenvalue weighted by Gasteiger charge is -2.07. The van der Waals surface area contributed by atoms with E-state index < -0.39 is 0 Å². The zero-order valence-electron chi connectivity index (χ0n) is 9.65. The van der Waals surface area contributed by atoms with Crippen molar-refractivity contribution in [2.24, 2.45) is 7.05 Å². The fraction of sp³-hybridized carbons (Fsp3) is 0.167. The Morgan fingerprint density at radius 3 is 2.83 bits per heavy atom. The number of hydrogen-bond acceptors (Lipinski definition) is 2. The van der Waals surface area contributed by atoms with Crippen molar-refractivity contribution >= 4 is 34.8 Å². The van der Waals surface area contributed by atoms with E-state index in [0.29, 0.717) is 15.7 Å². The van der Waals surface area contributed by atoms with E-state index in [1.807, 2.05) is 7.05 Å². The first-order valence-electron chi connectivity index (χ1n) is 5.26. The summed E-state index contributed by atoms with van der Waals surface area (Å²) in [5.74, 6) is -0.150. The number of aromatic nitrogens is 2. The summed E-state index contributed by atoms with van der Waals surface area (Å²) in [6.45, 7) is 0. The lowest BCUT2D eigenvalue weighted by atomic mass is 10.2. The zero-order chi connectivity index (χ0) is 13.1. The summed E-state index contributed by atoms with van der Waals surface area (Å²) in [6.07, 6.45) is 3.55. The largest absolute Gasteiger partial charge is 0.337 e. The lowest BCUT2D eigenvalue weighted by Crippen LogP contribution is -2.16. The Hall–Kier alpha value is -1.52. The molecular formula is C12H11Cl2N3O. The molecule has 0 bridgehead atoms. The Bertz CT molecular complexity index is 580. The number of amides is 1. The topological polar surface area (TPSA) is 46.9 Å². The highest BCUT2D eigenvalue weighted by atomic mass is 35.5. The molecular weight excluding hydrogens is 273 g/mol. The second-order valence-electron chi connectivity index (χ2n) is 3.85. The van der Waals surface area contributed by atoms with Gasteiger partial charge in [-0.15, -0.1) is 0 Å². The van der Waals surface area contributed by atoms with Gasteiger partial charge in [0.1, 0.15) is 0 Å². The van der Waals surface area contributed by atoms with Crippen LogP contribution in [0.15, 0.2) is 30.7 Å². The van der Waals surface area contributed by atoms with Gasteiger partial charge in [0, 0.05) is 24.0 Å². The van der Waals surface area contributed by atoms with Gasteiger partial charge in [-0.05, 0) is 18.2 Å². The van der Waals surface area contributed by atoms with E-state index in [1.165, 1.54) is 0 Å². The van der Waals surface area contributed by atoms with E-state index in [-0.39, 0.29) is 12.3 Å². The lowest BCUT2D eigenvalue weighted by molar-refractivity contribution is -0.115. The minimum atomic E-state index is -0.150. The van der Waals surface area contributed by atoms with E-state index >= 15 is 0 Å². The number of aryl methyl sites for hydroxylation is 1. The third-order valence-corrected chi connectivity index (χ3v) is 3.01. The van der Waals surface area contributed by atoms with Gasteiger partial charge in [-0.25, -0.2) is 4.98 Å². The minimum Gasteiger partial charge on any atom is -0.337 e. The Morgan fingerprint density at radius 1 is 1.44 bits per heavy atom. The van der Waals surface area contributed by atoms with Crippen LogP contribution in [0.3, 0.4) is 0 Å². The molecule has 6 heteroatoms. The molecule has 0 aliphatic carbocycles. The van der Waals surface area contributed by atoms with Gasteiger partial charge in [-0.1, -0.05) is 23.2 Å². The minimum absolute atomic E-state index is 0.150. The predicted molar refractivity (Wildman–Crippen MR) is 72.0 cm³/mol. The van der Waals surface area contributed by atoms with Crippen molar-refractivity contribution in [2.75, 3.05) is 5.32 Å². The van der Waals surface area contributed by atoms with Crippen molar-refractivity contribution in [1.29, 1.82) is 0 Å². The molecule has 94 valence electrons. The van der Waals surface area contributed by atoms with E-state index in [1.54, 1.807) is 35.3 Å². The van der Waals surface area contributed by atoms with Gasteiger partial charge in [0.25, 0.3) is 0 Å². The molecule has 0 radical (unpaired) electrons. The second kappa shape index (κ2) is 5.42. The number of imidazole rings is 1. The molecule has 1 amide bonds. The van der Waals surface area contributed by atoms with Crippen molar-refractivity contribution in [3.63, 3.8) is 0 Å². The van der Waals surface area contributed by atoms with Gasteiger partial charge in [-0.3, -0.25) is 4.79 Å². The van der Waals surface area contributed by atoms with E-state index in [4.69, 9.17) is 23.2 Å². The standard InChI is InChI=1S/C12H11Cl2N3O/c1-17-7-15-6-9(17)5-12(18)16-11-3-2-8(13)4-10(11)14/h2-4,6-7H,5H2,1H3,(H,16,18). The smallest absolute Gasteiger partial charge is 0.230 e. The van der Waals surface area contributed by atoms with Crippen molar-refractivity contribution < 1.29 is 4.79 Å². The van der Waals surface area contributed by atoms with Crippen LogP contribution in [-0.2, 0) is 18.3 Å². The third-order valence-electron chi connectivity index (χ3n) is 2.46. The highest BCUT2D eigenvalue weighted by molar-refractivity contribution is 6.36. The number of nitrogens with zero attached hydrogens (tertiary/aromatic N) is 2. The van der Waals surface area contributed by atoms with Gasteiger partial charge >= 0.3 is 0 Å². The molecule has 0 aliphatic rings. The highest BCUT2D eigenvalue weighted by Gasteiger charge is 2.09. The Morgan fingerprint density at radius 2 is 2.22 bits per heavy atom. The van der Waals surface area contributed by atoms with Crippen LogP contribution in [0.25, 0.3) is 0 Å². The average molecular weight is 284 g/mol. The van der Waals surface area contributed by atoms with Crippen LogP contribution in [0.5, 0.6) is 0 Å². The molecule has 0 unspecified atom stereocenters. The number of nitrogens with one attached hydrogen (secondary N) is 1. The summed E-state index contributed by atoms with van der Waals surface area (Å²) in [5.41, 5.74) is 1.38. The van der Waals surface area contributed by atoms with Gasteiger partial charge in [-0.2, -0.15) is 0 Å². The van der Waals surface area contributed by atoms with E-state index in [9.17, 15) is 4.79 Å². The fourth-order valence-electron chi connectivity index (χ4n) is 1.50. The van der Waals surface area contributed by atoms with Crippen molar-refractivity contribution in [2.45, 2.75) is 6.42 Å². The molecule has 18 heavy (non-hydrogen) atoms. The van der Waals surface area contributed by atoms with Crippen LogP contribution >= 0.6 is 23.2 Å². The number of halogens is 2. The van der Waals surface area contributed by atoms with Crippen LogP contribution < -0.4 is 5.32 Å². The summed E-state index contributed by atoms with van der Waals surface area (Å²) < 4.78 is 1.79. The fourth-order valence-corrected chi connectivity index (χ4v) is 1.96. The van der Waals surface area contributed by atoms with Crippen molar-refractivity contribution in [3.8, 4) is 0 Å². The van der Waals surface area contributed by atoms with Crippen LogP contribution in [0.2, 0.25) is 10.0 Å². The van der Waals surface area contributed by atoms with E-state index in [2.05, 4.69) is 10.3 Å². The SMILES string of the molecule is Cn1cncc1CC(=O)Nc1ccc(Cl)cc1Cl. The van der Waals surface area contributed by atoms with Crippen molar-refractivity contribution in [1.82, 2.24) is 9.55 Å². The van der Waals surface area contributed by atoms with Gasteiger partial charge in [0.05, 0.1) is 23.5 Å². The predicted octanol–water partition coefficient (Wildman–Crippen LogP) is 2.91. The van der Waals surface area contributed by atoms with Gasteiger partial charge in [0.15, 0.2) is 0 Å². The van der Waals surface area contributed by atoms with Crippen LogP contribution in [0.1, 0.15) is 5.69 Å². The van der Waals surface area contributed by atoms with Crippen LogP contribution in [0.4, 0.5) is 5.69 Å². The molecule has 2 aromatic rings. The zero-order valence-corrected chi connectivity index (χ0v) is 11.2. The molecule has 0 saturated carbocycles. The van der Waals surface area contributed by atoms with Gasteiger partial charge < -0.3 is 9.88 Å². The normalized spacial score (nSPS) is 10.4. The second-order valence-corrected chi connectivity index (χ2v) is 4.69. The maximum Gasteiger partial charge on any atom is 0.230 e. The van der Waals surface area contributed by atoms with Crippen LogP contribution in [-0.4, -0.2) is 15.5 Å². The molecule has 1 aromatic carbocycles. The first-order valence-corrected chi connectivity index (χ1v) is 6.02. The molecule has 0 aliphatic heterocycles. The molecule has 0 spiro atoms. The maximum atomic E-state index is 11.8. The van der Waals surface area contributed by atoms with Gasteiger partial charge in [0.2, 0.25) is 5.91 Å². The summed E-state index contributed by atoms with van der Waals surface area (Å²) in [7, 11) is 1.84. The summed E-state index contributed by atoms with van der Waals surface area (Å²) in [6, 6.07) is 4.93.